The van der Waals surface area contributed by atoms with Crippen molar-refractivity contribution in [2.24, 2.45) is 0 Å². The van der Waals surface area contributed by atoms with Crippen LogP contribution in [0.4, 0.5) is 5.69 Å². The number of rotatable bonds is 2. The minimum absolute atomic E-state index is 0.0804. The lowest BCUT2D eigenvalue weighted by molar-refractivity contribution is -0.384. The van der Waals surface area contributed by atoms with Crippen molar-refractivity contribution in [3.63, 3.8) is 0 Å². The zero-order valence-corrected chi connectivity index (χ0v) is 11.3. The lowest BCUT2D eigenvalue weighted by Gasteiger charge is -2.01. The van der Waals surface area contributed by atoms with Gasteiger partial charge in [0.1, 0.15) is 0 Å². The molecule has 0 aliphatic heterocycles. The number of benzene rings is 2. The van der Waals surface area contributed by atoms with Crippen molar-refractivity contribution in [3.05, 3.63) is 63.1 Å². The molecule has 5 heteroatoms. The Hall–Kier alpha value is -2.14. The minimum atomic E-state index is -0.390. The van der Waals surface area contributed by atoms with Crippen molar-refractivity contribution >= 4 is 32.5 Å². The zero-order chi connectivity index (χ0) is 13.4. The van der Waals surface area contributed by atoms with Gasteiger partial charge in [-0.2, -0.15) is 0 Å². The Balaban J connectivity index is 2.20. The third-order valence-electron chi connectivity index (χ3n) is 2.98. The Labute approximate surface area is 117 Å². The Morgan fingerprint density at radius 1 is 1.11 bits per heavy atom. The molecule has 0 radical (unpaired) electrons. The summed E-state index contributed by atoms with van der Waals surface area (Å²) < 4.78 is 0.824. The molecule has 3 aromatic rings. The number of aromatic nitrogens is 1. The number of aromatic amines is 1. The minimum Gasteiger partial charge on any atom is -0.354 e. The van der Waals surface area contributed by atoms with Crippen LogP contribution in [0.15, 0.2) is 53.0 Å². The fourth-order valence-electron chi connectivity index (χ4n) is 2.05. The Morgan fingerprint density at radius 3 is 2.63 bits per heavy atom. The van der Waals surface area contributed by atoms with E-state index in [2.05, 4.69) is 20.9 Å². The van der Waals surface area contributed by atoms with E-state index in [1.165, 1.54) is 6.07 Å². The number of nitrogens with zero attached hydrogens (tertiary/aromatic N) is 1. The van der Waals surface area contributed by atoms with E-state index < -0.39 is 4.92 Å². The molecular weight excluding hydrogens is 308 g/mol. The summed E-state index contributed by atoms with van der Waals surface area (Å²) in [4.78, 5) is 13.7. The van der Waals surface area contributed by atoms with Crippen molar-refractivity contribution in [2.45, 2.75) is 0 Å². The first-order chi connectivity index (χ1) is 9.15. The summed E-state index contributed by atoms with van der Waals surface area (Å²) in [6, 6.07) is 14.6. The molecule has 1 N–H and O–H groups in total. The summed E-state index contributed by atoms with van der Waals surface area (Å²) in [6.07, 6.45) is 0. The molecule has 4 nitrogen and oxygen atoms in total. The van der Waals surface area contributed by atoms with Crippen LogP contribution in [0.3, 0.4) is 0 Å². The molecule has 1 heterocycles. The number of para-hydroxylation sites is 1. The zero-order valence-electron chi connectivity index (χ0n) is 9.76. The molecule has 0 aliphatic carbocycles. The number of fused-ring (bicyclic) bond motifs is 1. The molecule has 94 valence electrons. The Kier molecular flexibility index (Phi) is 2.83. The van der Waals surface area contributed by atoms with E-state index in [4.69, 9.17) is 0 Å². The molecule has 0 unspecified atom stereocenters. The van der Waals surface area contributed by atoms with Crippen molar-refractivity contribution in [2.75, 3.05) is 0 Å². The fraction of sp³-hybridized carbons (Fsp3) is 0. The third kappa shape index (κ3) is 2.13. The largest absolute Gasteiger partial charge is 0.354 e. The monoisotopic (exact) mass is 316 g/mol. The SMILES string of the molecule is O=[N+]([O-])c1ccc(Br)c(-c2cc3ccccc3[nH]2)c1. The molecule has 0 atom stereocenters. The number of H-pyrrole nitrogens is 1. The number of halogens is 1. The predicted octanol–water partition coefficient (Wildman–Crippen LogP) is 4.51. The van der Waals surface area contributed by atoms with Crippen molar-refractivity contribution in [1.82, 2.24) is 4.98 Å². The van der Waals surface area contributed by atoms with Crippen LogP contribution in [-0.2, 0) is 0 Å². The Morgan fingerprint density at radius 2 is 1.89 bits per heavy atom. The smallest absolute Gasteiger partial charge is 0.270 e. The summed E-state index contributed by atoms with van der Waals surface area (Å²) in [6.45, 7) is 0. The van der Waals surface area contributed by atoms with Gasteiger partial charge in [-0.25, -0.2) is 0 Å². The average Bonchev–Trinajstić information content (AvgIpc) is 2.82. The van der Waals surface area contributed by atoms with E-state index >= 15 is 0 Å². The van der Waals surface area contributed by atoms with Crippen LogP contribution >= 0.6 is 15.9 Å². The highest BCUT2D eigenvalue weighted by atomic mass is 79.9. The molecule has 0 aliphatic rings. The van der Waals surface area contributed by atoms with Gasteiger partial charge in [0.15, 0.2) is 0 Å². The second-order valence-corrected chi connectivity index (χ2v) is 5.05. The maximum absolute atomic E-state index is 10.8. The highest BCUT2D eigenvalue weighted by molar-refractivity contribution is 9.10. The van der Waals surface area contributed by atoms with Gasteiger partial charge in [0, 0.05) is 38.8 Å². The van der Waals surface area contributed by atoms with Crippen LogP contribution in [0.5, 0.6) is 0 Å². The number of hydrogen-bond acceptors (Lipinski definition) is 2. The molecular formula is C14H9BrN2O2. The molecule has 0 spiro atoms. The van der Waals surface area contributed by atoms with Crippen LogP contribution in [-0.4, -0.2) is 9.91 Å². The second kappa shape index (κ2) is 4.51. The highest BCUT2D eigenvalue weighted by Gasteiger charge is 2.12. The van der Waals surface area contributed by atoms with Gasteiger partial charge < -0.3 is 4.98 Å². The maximum atomic E-state index is 10.8. The van der Waals surface area contributed by atoms with E-state index in [0.29, 0.717) is 0 Å². The average molecular weight is 317 g/mol. The molecule has 0 fully saturated rings. The van der Waals surface area contributed by atoms with Crippen molar-refractivity contribution < 1.29 is 4.92 Å². The molecule has 1 aromatic heterocycles. The number of nitro benzene ring substituents is 1. The molecule has 0 saturated heterocycles. The maximum Gasteiger partial charge on any atom is 0.270 e. The first-order valence-corrected chi connectivity index (χ1v) is 6.46. The van der Waals surface area contributed by atoms with Crippen LogP contribution in [0, 0.1) is 10.1 Å². The first kappa shape index (κ1) is 11.9. The van der Waals surface area contributed by atoms with Gasteiger partial charge >= 0.3 is 0 Å². The summed E-state index contributed by atoms with van der Waals surface area (Å²) in [7, 11) is 0. The molecule has 0 saturated carbocycles. The van der Waals surface area contributed by atoms with Gasteiger partial charge in [-0.05, 0) is 18.2 Å². The van der Waals surface area contributed by atoms with E-state index in [-0.39, 0.29) is 5.69 Å². The number of nitrogens with one attached hydrogen (secondary N) is 1. The van der Waals surface area contributed by atoms with E-state index in [0.717, 1.165) is 26.6 Å². The molecule has 3 rings (SSSR count). The van der Waals surface area contributed by atoms with Gasteiger partial charge in [0.25, 0.3) is 5.69 Å². The van der Waals surface area contributed by atoms with Crippen LogP contribution in [0.2, 0.25) is 0 Å². The Bertz CT molecular complexity index is 747. The fourth-order valence-corrected chi connectivity index (χ4v) is 2.51. The highest BCUT2D eigenvalue weighted by Crippen LogP contribution is 2.32. The normalized spacial score (nSPS) is 10.8. The van der Waals surface area contributed by atoms with Gasteiger partial charge in [0.2, 0.25) is 0 Å². The lowest BCUT2D eigenvalue weighted by atomic mass is 10.1. The molecule has 0 bridgehead atoms. The number of hydrogen-bond donors (Lipinski definition) is 1. The third-order valence-corrected chi connectivity index (χ3v) is 3.67. The summed E-state index contributed by atoms with van der Waals surface area (Å²) in [5.74, 6) is 0. The van der Waals surface area contributed by atoms with Crippen molar-refractivity contribution in [3.8, 4) is 11.3 Å². The summed E-state index contributed by atoms with van der Waals surface area (Å²) >= 11 is 3.43. The standard InChI is InChI=1S/C14H9BrN2O2/c15-12-6-5-10(17(18)19)8-11(12)14-7-9-3-1-2-4-13(9)16-14/h1-8,16H. The van der Waals surface area contributed by atoms with E-state index in [1.807, 2.05) is 30.3 Å². The van der Waals surface area contributed by atoms with E-state index in [9.17, 15) is 10.1 Å². The van der Waals surface area contributed by atoms with Gasteiger partial charge in [-0.1, -0.05) is 34.1 Å². The predicted molar refractivity (Wildman–Crippen MR) is 78.1 cm³/mol. The van der Waals surface area contributed by atoms with Gasteiger partial charge in [-0.15, -0.1) is 0 Å². The lowest BCUT2D eigenvalue weighted by Crippen LogP contribution is -1.89. The van der Waals surface area contributed by atoms with Gasteiger partial charge in [0.05, 0.1) is 4.92 Å². The number of nitro groups is 1. The summed E-state index contributed by atoms with van der Waals surface area (Å²) in [5, 5.41) is 11.9. The first-order valence-electron chi connectivity index (χ1n) is 5.67. The summed E-state index contributed by atoms with van der Waals surface area (Å²) in [5.41, 5.74) is 2.73. The van der Waals surface area contributed by atoms with Crippen LogP contribution in [0.1, 0.15) is 0 Å². The topological polar surface area (TPSA) is 58.9 Å². The van der Waals surface area contributed by atoms with E-state index in [1.54, 1.807) is 12.1 Å². The number of non-ortho nitro benzene ring substituents is 1. The second-order valence-electron chi connectivity index (χ2n) is 4.19. The van der Waals surface area contributed by atoms with Crippen molar-refractivity contribution in [1.29, 1.82) is 0 Å². The van der Waals surface area contributed by atoms with Crippen LogP contribution in [0.25, 0.3) is 22.2 Å². The quantitative estimate of drug-likeness (QED) is 0.558. The molecule has 2 aromatic carbocycles. The van der Waals surface area contributed by atoms with Crippen LogP contribution < -0.4 is 0 Å². The molecule has 19 heavy (non-hydrogen) atoms. The van der Waals surface area contributed by atoms with Gasteiger partial charge in [-0.3, -0.25) is 10.1 Å². The molecule has 0 amide bonds.